The molecule has 0 amide bonds. The zero-order chi connectivity index (χ0) is 10.3. The van der Waals surface area contributed by atoms with Crippen molar-refractivity contribution in [3.63, 3.8) is 0 Å². The Hall–Kier alpha value is -0.570. The number of hydrogen-bond donors (Lipinski definition) is 1. The second-order valence-electron chi connectivity index (χ2n) is 5.45. The van der Waals surface area contributed by atoms with Crippen molar-refractivity contribution in [1.29, 1.82) is 0 Å². The van der Waals surface area contributed by atoms with Crippen LogP contribution in [0.5, 0.6) is 0 Å². The fourth-order valence-corrected chi connectivity index (χ4v) is 2.31. The van der Waals surface area contributed by atoms with Gasteiger partial charge in [-0.1, -0.05) is 13.8 Å². The number of rotatable bonds is 2. The summed E-state index contributed by atoms with van der Waals surface area (Å²) in [4.78, 5) is 13.1. The Balaban J connectivity index is 1.83. The summed E-state index contributed by atoms with van der Waals surface area (Å²) < 4.78 is 0. The SMILES string of the molecule is CC1(C)CCN(C2CC2C(=O)O)CC1. The van der Waals surface area contributed by atoms with Gasteiger partial charge in [-0.05, 0) is 37.8 Å². The van der Waals surface area contributed by atoms with E-state index in [-0.39, 0.29) is 5.92 Å². The molecule has 2 fully saturated rings. The van der Waals surface area contributed by atoms with Crippen molar-refractivity contribution in [2.24, 2.45) is 11.3 Å². The molecule has 0 radical (unpaired) electrons. The number of carboxylic acids is 1. The number of aliphatic carboxylic acids is 1. The highest BCUT2D eigenvalue weighted by Gasteiger charge is 2.47. The summed E-state index contributed by atoms with van der Waals surface area (Å²) in [5.74, 6) is -0.684. The Morgan fingerprint density at radius 1 is 1.36 bits per heavy atom. The van der Waals surface area contributed by atoms with Crippen LogP contribution in [0, 0.1) is 11.3 Å². The van der Waals surface area contributed by atoms with Crippen LogP contribution in [0.3, 0.4) is 0 Å². The van der Waals surface area contributed by atoms with E-state index >= 15 is 0 Å². The van der Waals surface area contributed by atoms with Gasteiger partial charge < -0.3 is 5.11 Å². The third-order valence-electron chi connectivity index (χ3n) is 3.69. The monoisotopic (exact) mass is 197 g/mol. The van der Waals surface area contributed by atoms with Gasteiger partial charge in [-0.2, -0.15) is 0 Å². The minimum absolute atomic E-state index is 0.0730. The molecule has 1 N–H and O–H groups in total. The summed E-state index contributed by atoms with van der Waals surface area (Å²) in [7, 11) is 0. The van der Waals surface area contributed by atoms with E-state index in [9.17, 15) is 4.79 Å². The smallest absolute Gasteiger partial charge is 0.308 e. The molecule has 0 aromatic carbocycles. The van der Waals surface area contributed by atoms with E-state index in [4.69, 9.17) is 5.11 Å². The number of carbonyl (C=O) groups is 1. The fourth-order valence-electron chi connectivity index (χ4n) is 2.31. The Morgan fingerprint density at radius 3 is 2.36 bits per heavy atom. The maximum Gasteiger partial charge on any atom is 0.308 e. The lowest BCUT2D eigenvalue weighted by molar-refractivity contribution is -0.139. The van der Waals surface area contributed by atoms with Crippen molar-refractivity contribution < 1.29 is 9.90 Å². The van der Waals surface area contributed by atoms with Gasteiger partial charge in [0.2, 0.25) is 0 Å². The summed E-state index contributed by atoms with van der Waals surface area (Å²) >= 11 is 0. The fraction of sp³-hybridized carbons (Fsp3) is 0.909. The molecular weight excluding hydrogens is 178 g/mol. The zero-order valence-electron chi connectivity index (χ0n) is 8.99. The molecule has 0 aromatic heterocycles. The van der Waals surface area contributed by atoms with Gasteiger partial charge in [-0.15, -0.1) is 0 Å². The number of hydrogen-bond acceptors (Lipinski definition) is 2. The number of nitrogens with zero attached hydrogens (tertiary/aromatic N) is 1. The van der Waals surface area contributed by atoms with Gasteiger partial charge >= 0.3 is 5.97 Å². The van der Waals surface area contributed by atoms with Crippen LogP contribution in [0.25, 0.3) is 0 Å². The molecule has 0 bridgehead atoms. The normalized spacial score (nSPS) is 36.7. The predicted molar refractivity (Wildman–Crippen MR) is 54.1 cm³/mol. The first kappa shape index (κ1) is 9.97. The van der Waals surface area contributed by atoms with Gasteiger partial charge in [0.15, 0.2) is 0 Å². The van der Waals surface area contributed by atoms with E-state index < -0.39 is 5.97 Å². The standard InChI is InChI=1S/C11H19NO2/c1-11(2)3-5-12(6-4-11)9-7-8(9)10(13)14/h8-9H,3-7H2,1-2H3,(H,13,14). The molecule has 3 nitrogen and oxygen atoms in total. The first-order valence-electron chi connectivity index (χ1n) is 5.46. The highest BCUT2D eigenvalue weighted by Crippen LogP contribution is 2.40. The minimum atomic E-state index is -0.611. The lowest BCUT2D eigenvalue weighted by Gasteiger charge is -2.37. The van der Waals surface area contributed by atoms with Crippen LogP contribution in [0.2, 0.25) is 0 Å². The molecule has 2 unspecified atom stereocenters. The molecule has 1 saturated heterocycles. The number of likely N-dealkylation sites (tertiary alicyclic amines) is 1. The molecule has 2 aliphatic rings. The van der Waals surface area contributed by atoms with E-state index in [2.05, 4.69) is 18.7 Å². The molecule has 0 aromatic rings. The largest absolute Gasteiger partial charge is 0.481 e. The molecule has 1 aliphatic carbocycles. The summed E-state index contributed by atoms with van der Waals surface area (Å²) in [6, 6.07) is 0.351. The van der Waals surface area contributed by atoms with E-state index in [1.54, 1.807) is 0 Å². The van der Waals surface area contributed by atoms with E-state index in [0.29, 0.717) is 11.5 Å². The Kier molecular flexibility index (Phi) is 2.30. The zero-order valence-corrected chi connectivity index (χ0v) is 8.99. The average Bonchev–Trinajstić information content (AvgIpc) is 2.83. The Labute approximate surface area is 85.1 Å². The van der Waals surface area contributed by atoms with Crippen molar-refractivity contribution >= 4 is 5.97 Å². The lowest BCUT2D eigenvalue weighted by atomic mass is 9.82. The van der Waals surface area contributed by atoms with Gasteiger partial charge in [0.1, 0.15) is 0 Å². The maximum atomic E-state index is 10.7. The van der Waals surface area contributed by atoms with Crippen LogP contribution in [0.1, 0.15) is 33.1 Å². The molecule has 0 spiro atoms. The minimum Gasteiger partial charge on any atom is -0.481 e. The third kappa shape index (κ3) is 1.92. The van der Waals surface area contributed by atoms with Crippen molar-refractivity contribution in [2.45, 2.75) is 39.2 Å². The summed E-state index contributed by atoms with van der Waals surface area (Å²) in [6.07, 6.45) is 3.28. The van der Waals surface area contributed by atoms with Crippen molar-refractivity contribution in [1.82, 2.24) is 4.90 Å². The molecule has 2 atom stereocenters. The molecule has 2 rings (SSSR count). The summed E-state index contributed by atoms with van der Waals surface area (Å²) in [5, 5.41) is 8.83. The molecule has 1 saturated carbocycles. The highest BCUT2D eigenvalue weighted by atomic mass is 16.4. The molecular formula is C11H19NO2. The average molecular weight is 197 g/mol. The molecule has 1 heterocycles. The van der Waals surface area contributed by atoms with Gasteiger partial charge in [0.25, 0.3) is 0 Å². The number of piperidine rings is 1. The highest BCUT2D eigenvalue weighted by molar-refractivity contribution is 5.74. The van der Waals surface area contributed by atoms with Gasteiger partial charge in [-0.3, -0.25) is 9.69 Å². The maximum absolute atomic E-state index is 10.7. The summed E-state index contributed by atoms with van der Waals surface area (Å²) in [6.45, 7) is 6.76. The Morgan fingerprint density at radius 2 is 1.93 bits per heavy atom. The number of carboxylic acid groups (broad SMARTS) is 1. The van der Waals surface area contributed by atoms with E-state index in [1.807, 2.05) is 0 Å². The van der Waals surface area contributed by atoms with Crippen LogP contribution in [-0.4, -0.2) is 35.1 Å². The van der Waals surface area contributed by atoms with Crippen molar-refractivity contribution in [3.8, 4) is 0 Å². The topological polar surface area (TPSA) is 40.5 Å². The Bertz CT molecular complexity index is 240. The second kappa shape index (κ2) is 3.23. The first-order valence-corrected chi connectivity index (χ1v) is 5.46. The first-order chi connectivity index (χ1) is 6.49. The molecule has 3 heteroatoms. The lowest BCUT2D eigenvalue weighted by Crippen LogP contribution is -2.39. The predicted octanol–water partition coefficient (Wildman–Crippen LogP) is 1.58. The second-order valence-corrected chi connectivity index (χ2v) is 5.45. The summed E-state index contributed by atoms with van der Waals surface area (Å²) in [5.41, 5.74) is 0.462. The van der Waals surface area contributed by atoms with Crippen LogP contribution >= 0.6 is 0 Å². The van der Waals surface area contributed by atoms with Crippen molar-refractivity contribution in [2.75, 3.05) is 13.1 Å². The molecule has 14 heavy (non-hydrogen) atoms. The molecule has 80 valence electrons. The van der Waals surface area contributed by atoms with Crippen molar-refractivity contribution in [3.05, 3.63) is 0 Å². The molecule has 1 aliphatic heterocycles. The van der Waals surface area contributed by atoms with Gasteiger partial charge in [-0.25, -0.2) is 0 Å². The quantitative estimate of drug-likeness (QED) is 0.730. The third-order valence-corrected chi connectivity index (χ3v) is 3.69. The van der Waals surface area contributed by atoms with Gasteiger partial charge in [0, 0.05) is 6.04 Å². The van der Waals surface area contributed by atoms with E-state index in [1.165, 1.54) is 12.8 Å². The van der Waals surface area contributed by atoms with Crippen LogP contribution in [0.15, 0.2) is 0 Å². The van der Waals surface area contributed by atoms with Crippen LogP contribution in [-0.2, 0) is 4.79 Å². The van der Waals surface area contributed by atoms with E-state index in [0.717, 1.165) is 19.5 Å². The van der Waals surface area contributed by atoms with Crippen LogP contribution < -0.4 is 0 Å². The van der Waals surface area contributed by atoms with Gasteiger partial charge in [0.05, 0.1) is 5.92 Å². The van der Waals surface area contributed by atoms with Crippen LogP contribution in [0.4, 0.5) is 0 Å².